The minimum Gasteiger partial charge on any atom is -0.349 e. The van der Waals surface area contributed by atoms with Gasteiger partial charge in [-0.25, -0.2) is 0 Å². The Balaban J connectivity index is 0.00000264. The molecule has 2 rings (SSSR count). The summed E-state index contributed by atoms with van der Waals surface area (Å²) in [5.41, 5.74) is 7.54. The van der Waals surface area contributed by atoms with E-state index in [0.29, 0.717) is 0 Å². The number of carbonyl (C=O) groups excluding carboxylic acids is 2. The summed E-state index contributed by atoms with van der Waals surface area (Å²) >= 11 is 0. The van der Waals surface area contributed by atoms with Crippen LogP contribution < -0.4 is 16.4 Å². The number of rotatable bonds is 6. The minimum atomic E-state index is -0.223. The van der Waals surface area contributed by atoms with Gasteiger partial charge in [0.2, 0.25) is 11.8 Å². The molecule has 1 saturated carbocycles. The van der Waals surface area contributed by atoms with Crippen molar-refractivity contribution in [2.75, 3.05) is 5.32 Å². The SMILES string of the molecule is CC(NC(=O)C(C)C(C)N)c1ccc(NC(=O)C2CC2)cc1.Cl. The van der Waals surface area contributed by atoms with E-state index in [1.807, 2.05) is 45.0 Å². The van der Waals surface area contributed by atoms with Crippen molar-refractivity contribution in [2.45, 2.75) is 45.7 Å². The van der Waals surface area contributed by atoms with Gasteiger partial charge in [0.05, 0.1) is 6.04 Å². The fourth-order valence-electron chi connectivity index (χ4n) is 2.11. The van der Waals surface area contributed by atoms with Gasteiger partial charge in [-0.3, -0.25) is 9.59 Å². The number of carbonyl (C=O) groups is 2. The number of halogens is 1. The first-order chi connectivity index (χ1) is 10.4. The molecule has 1 aromatic rings. The number of hydrogen-bond donors (Lipinski definition) is 3. The van der Waals surface area contributed by atoms with Crippen LogP contribution in [0, 0.1) is 11.8 Å². The summed E-state index contributed by atoms with van der Waals surface area (Å²) in [6, 6.07) is 7.31. The van der Waals surface area contributed by atoms with Crippen molar-refractivity contribution in [1.29, 1.82) is 0 Å². The van der Waals surface area contributed by atoms with Gasteiger partial charge >= 0.3 is 0 Å². The van der Waals surface area contributed by atoms with E-state index in [1.54, 1.807) is 0 Å². The van der Waals surface area contributed by atoms with Crippen LogP contribution in [0.5, 0.6) is 0 Å². The van der Waals surface area contributed by atoms with Gasteiger partial charge in [-0.15, -0.1) is 12.4 Å². The van der Waals surface area contributed by atoms with E-state index in [0.717, 1.165) is 24.1 Å². The van der Waals surface area contributed by atoms with Crippen molar-refractivity contribution in [3.8, 4) is 0 Å². The molecule has 128 valence electrons. The Bertz CT molecular complexity index is 541. The number of anilines is 1. The third-order valence-electron chi connectivity index (χ3n) is 4.19. The molecule has 6 heteroatoms. The van der Waals surface area contributed by atoms with Crippen LogP contribution >= 0.6 is 12.4 Å². The Kier molecular flexibility index (Phi) is 7.03. The van der Waals surface area contributed by atoms with Crippen molar-refractivity contribution in [1.82, 2.24) is 5.32 Å². The van der Waals surface area contributed by atoms with E-state index in [4.69, 9.17) is 5.73 Å². The zero-order valence-corrected chi connectivity index (χ0v) is 14.7. The molecular weight excluding hydrogens is 314 g/mol. The minimum absolute atomic E-state index is 0. The zero-order valence-electron chi connectivity index (χ0n) is 13.8. The van der Waals surface area contributed by atoms with E-state index in [-0.39, 0.29) is 48.1 Å². The molecule has 1 aliphatic rings. The molecule has 23 heavy (non-hydrogen) atoms. The fraction of sp³-hybridized carbons (Fsp3) is 0.529. The normalized spacial score (nSPS) is 17.4. The summed E-state index contributed by atoms with van der Waals surface area (Å²) in [5.74, 6) is 0.0191. The quantitative estimate of drug-likeness (QED) is 0.744. The van der Waals surface area contributed by atoms with Crippen LogP contribution in [0.25, 0.3) is 0 Å². The molecule has 4 N–H and O–H groups in total. The number of nitrogens with two attached hydrogens (primary N) is 1. The van der Waals surface area contributed by atoms with Crippen LogP contribution in [0.2, 0.25) is 0 Å². The molecule has 0 radical (unpaired) electrons. The molecule has 3 unspecified atom stereocenters. The van der Waals surface area contributed by atoms with Crippen LogP contribution in [-0.4, -0.2) is 17.9 Å². The second-order valence-electron chi connectivity index (χ2n) is 6.26. The van der Waals surface area contributed by atoms with E-state index in [1.165, 1.54) is 0 Å². The number of hydrogen-bond acceptors (Lipinski definition) is 3. The van der Waals surface area contributed by atoms with E-state index in [2.05, 4.69) is 10.6 Å². The van der Waals surface area contributed by atoms with Gasteiger partial charge in [0.1, 0.15) is 0 Å². The topological polar surface area (TPSA) is 84.2 Å². The molecule has 1 fully saturated rings. The van der Waals surface area contributed by atoms with Gasteiger partial charge in [0, 0.05) is 23.6 Å². The summed E-state index contributed by atoms with van der Waals surface area (Å²) in [6.07, 6.45) is 1.98. The summed E-state index contributed by atoms with van der Waals surface area (Å²) in [6.45, 7) is 5.58. The molecule has 3 atom stereocenters. The van der Waals surface area contributed by atoms with E-state index in [9.17, 15) is 9.59 Å². The first-order valence-corrected chi connectivity index (χ1v) is 7.85. The van der Waals surface area contributed by atoms with Gasteiger partial charge in [-0.05, 0) is 44.4 Å². The molecule has 0 bridgehead atoms. The number of nitrogens with one attached hydrogen (secondary N) is 2. The molecule has 0 aromatic heterocycles. The van der Waals surface area contributed by atoms with E-state index < -0.39 is 0 Å². The largest absolute Gasteiger partial charge is 0.349 e. The summed E-state index contributed by atoms with van der Waals surface area (Å²) in [4.78, 5) is 23.7. The Hall–Kier alpha value is -1.59. The van der Waals surface area contributed by atoms with Crippen LogP contribution in [0.3, 0.4) is 0 Å². The standard InChI is InChI=1S/C17H25N3O2.ClH/c1-10(11(2)18)16(21)19-12(3)13-6-8-15(9-7-13)20-17(22)14-4-5-14;/h6-12,14H,4-5,18H2,1-3H3,(H,19,21)(H,20,22);1H. The van der Waals surface area contributed by atoms with Gasteiger partial charge < -0.3 is 16.4 Å². The number of amides is 2. The average molecular weight is 340 g/mol. The second kappa shape index (κ2) is 8.31. The van der Waals surface area contributed by atoms with Crippen LogP contribution in [-0.2, 0) is 9.59 Å². The highest BCUT2D eigenvalue weighted by atomic mass is 35.5. The van der Waals surface area contributed by atoms with Gasteiger partial charge in [-0.2, -0.15) is 0 Å². The highest BCUT2D eigenvalue weighted by molar-refractivity contribution is 5.94. The molecular formula is C17H26ClN3O2. The predicted octanol–water partition coefficient (Wildman–Crippen LogP) is 2.62. The highest BCUT2D eigenvalue weighted by Crippen LogP contribution is 2.30. The lowest BCUT2D eigenvalue weighted by atomic mass is 10.0. The first-order valence-electron chi connectivity index (χ1n) is 7.85. The lowest BCUT2D eigenvalue weighted by Crippen LogP contribution is -2.39. The highest BCUT2D eigenvalue weighted by Gasteiger charge is 2.29. The summed E-state index contributed by atoms with van der Waals surface area (Å²) < 4.78 is 0. The lowest BCUT2D eigenvalue weighted by molar-refractivity contribution is -0.125. The van der Waals surface area contributed by atoms with Crippen molar-refractivity contribution in [3.63, 3.8) is 0 Å². The maximum atomic E-state index is 12.0. The van der Waals surface area contributed by atoms with Crippen LogP contribution in [0.1, 0.15) is 45.2 Å². The zero-order chi connectivity index (χ0) is 16.3. The predicted molar refractivity (Wildman–Crippen MR) is 94.4 cm³/mol. The Labute approximate surface area is 143 Å². The third kappa shape index (κ3) is 5.52. The Morgan fingerprint density at radius 3 is 2.17 bits per heavy atom. The molecule has 2 amide bonds. The summed E-state index contributed by atoms with van der Waals surface area (Å²) in [7, 11) is 0. The van der Waals surface area contributed by atoms with Gasteiger partial charge in [0.15, 0.2) is 0 Å². The van der Waals surface area contributed by atoms with Crippen molar-refractivity contribution in [3.05, 3.63) is 29.8 Å². The third-order valence-corrected chi connectivity index (χ3v) is 4.19. The molecule has 1 aromatic carbocycles. The second-order valence-corrected chi connectivity index (χ2v) is 6.26. The molecule has 0 spiro atoms. The molecule has 0 heterocycles. The maximum absolute atomic E-state index is 12.0. The Morgan fingerprint density at radius 2 is 1.70 bits per heavy atom. The van der Waals surface area contributed by atoms with Crippen molar-refractivity contribution >= 4 is 29.9 Å². The maximum Gasteiger partial charge on any atom is 0.227 e. The van der Waals surface area contributed by atoms with Crippen molar-refractivity contribution in [2.24, 2.45) is 17.6 Å². The first kappa shape index (κ1) is 19.5. The Morgan fingerprint density at radius 1 is 1.13 bits per heavy atom. The molecule has 5 nitrogen and oxygen atoms in total. The molecule has 0 aliphatic heterocycles. The fourth-order valence-corrected chi connectivity index (χ4v) is 2.11. The van der Waals surface area contributed by atoms with Gasteiger partial charge in [-0.1, -0.05) is 19.1 Å². The van der Waals surface area contributed by atoms with Crippen molar-refractivity contribution < 1.29 is 9.59 Å². The van der Waals surface area contributed by atoms with Gasteiger partial charge in [0.25, 0.3) is 0 Å². The van der Waals surface area contributed by atoms with Crippen LogP contribution in [0.4, 0.5) is 5.69 Å². The molecule has 1 aliphatic carbocycles. The van der Waals surface area contributed by atoms with E-state index >= 15 is 0 Å². The number of benzene rings is 1. The average Bonchev–Trinajstić information content (AvgIpc) is 3.31. The molecule has 0 saturated heterocycles. The lowest BCUT2D eigenvalue weighted by Gasteiger charge is -2.20. The monoisotopic (exact) mass is 339 g/mol. The smallest absolute Gasteiger partial charge is 0.227 e. The summed E-state index contributed by atoms with van der Waals surface area (Å²) in [5, 5.41) is 5.86. The van der Waals surface area contributed by atoms with Crippen LogP contribution in [0.15, 0.2) is 24.3 Å².